The van der Waals surface area contributed by atoms with Gasteiger partial charge in [0.1, 0.15) is 12.4 Å². The first-order valence-corrected chi connectivity index (χ1v) is 4.88. The van der Waals surface area contributed by atoms with Crippen molar-refractivity contribution < 1.29 is 18.8 Å². The molecule has 0 fully saturated rings. The van der Waals surface area contributed by atoms with E-state index in [1.165, 1.54) is 0 Å². The summed E-state index contributed by atoms with van der Waals surface area (Å²) >= 11 is 0. The maximum Gasteiger partial charge on any atom is 0.338 e. The summed E-state index contributed by atoms with van der Waals surface area (Å²) in [6.07, 6.45) is 0. The second-order valence-corrected chi connectivity index (χ2v) is 3.01. The first-order chi connectivity index (χ1) is 7.27. The van der Waals surface area contributed by atoms with Crippen molar-refractivity contribution in [2.75, 3.05) is 20.3 Å². The van der Waals surface area contributed by atoms with Crippen molar-refractivity contribution in [3.8, 4) is 5.75 Å². The number of rotatable bonds is 5. The molecular weight excluding hydrogens is 215 g/mol. The molecule has 1 aromatic rings. The highest BCUT2D eigenvalue weighted by atomic mass is 31.0. The zero-order valence-corrected chi connectivity index (χ0v) is 9.59. The summed E-state index contributed by atoms with van der Waals surface area (Å²) in [7, 11) is 3.69. The van der Waals surface area contributed by atoms with Gasteiger partial charge in [0.05, 0.1) is 21.6 Å². The molecule has 82 valence electrons. The van der Waals surface area contributed by atoms with Crippen molar-refractivity contribution >= 4 is 15.4 Å². The van der Waals surface area contributed by atoms with Gasteiger partial charge >= 0.3 is 5.97 Å². The highest BCUT2D eigenvalue weighted by Gasteiger charge is 2.06. The minimum Gasteiger partial charge on any atom is -0.480 e. The summed E-state index contributed by atoms with van der Waals surface area (Å²) in [6.45, 7) is 0.662. The van der Waals surface area contributed by atoms with E-state index in [1.54, 1.807) is 31.4 Å². The van der Waals surface area contributed by atoms with Crippen LogP contribution in [0.3, 0.4) is 0 Å². The zero-order chi connectivity index (χ0) is 11.1. The molecule has 0 amide bonds. The predicted molar refractivity (Wildman–Crippen MR) is 58.9 cm³/mol. The molecule has 0 aliphatic carbocycles. The van der Waals surface area contributed by atoms with E-state index >= 15 is 0 Å². The van der Waals surface area contributed by atoms with E-state index < -0.39 is 0 Å². The van der Waals surface area contributed by atoms with Crippen LogP contribution in [0.5, 0.6) is 5.75 Å². The Morgan fingerprint density at radius 1 is 1.27 bits per heavy atom. The SMILES string of the molecule is COCCOC(=O)c1ccc(OP)cc1. The molecule has 0 saturated heterocycles. The molecule has 1 unspecified atom stereocenters. The zero-order valence-electron chi connectivity index (χ0n) is 8.43. The van der Waals surface area contributed by atoms with Gasteiger partial charge in [-0.15, -0.1) is 0 Å². The lowest BCUT2D eigenvalue weighted by atomic mass is 10.2. The third-order valence-electron chi connectivity index (χ3n) is 1.75. The number of carbonyl (C=O) groups is 1. The monoisotopic (exact) mass is 228 g/mol. The molecule has 1 atom stereocenters. The van der Waals surface area contributed by atoms with Crippen LogP contribution >= 0.6 is 9.47 Å². The molecular formula is C10H13O4P. The van der Waals surface area contributed by atoms with Crippen molar-refractivity contribution in [2.45, 2.75) is 0 Å². The third-order valence-corrected chi connectivity index (χ3v) is 2.02. The fourth-order valence-corrected chi connectivity index (χ4v) is 1.13. The number of methoxy groups -OCH3 is 1. The lowest BCUT2D eigenvalue weighted by molar-refractivity contribution is 0.0388. The Hall–Kier alpha value is -1.12. The van der Waals surface area contributed by atoms with Crippen LogP contribution in [0.1, 0.15) is 10.4 Å². The normalized spacial score (nSPS) is 9.73. The molecule has 0 heterocycles. The quantitative estimate of drug-likeness (QED) is 0.436. The van der Waals surface area contributed by atoms with Crippen LogP contribution in [0, 0.1) is 0 Å². The highest BCUT2D eigenvalue weighted by molar-refractivity contribution is 7.10. The van der Waals surface area contributed by atoms with Crippen molar-refractivity contribution in [1.29, 1.82) is 0 Å². The Kier molecular flexibility index (Phi) is 5.08. The number of carbonyl (C=O) groups excluding carboxylic acids is 1. The summed E-state index contributed by atoms with van der Waals surface area (Å²) in [5, 5.41) is 0. The van der Waals surface area contributed by atoms with Crippen LogP contribution in [-0.2, 0) is 9.47 Å². The largest absolute Gasteiger partial charge is 0.480 e. The molecule has 15 heavy (non-hydrogen) atoms. The van der Waals surface area contributed by atoms with E-state index in [0.29, 0.717) is 17.9 Å². The predicted octanol–water partition coefficient (Wildman–Crippen LogP) is 1.66. The van der Waals surface area contributed by atoms with Gasteiger partial charge in [-0.2, -0.15) is 0 Å². The molecule has 1 aromatic carbocycles. The Bertz CT molecular complexity index is 310. The second-order valence-electron chi connectivity index (χ2n) is 2.77. The van der Waals surface area contributed by atoms with Crippen LogP contribution in [-0.4, -0.2) is 26.3 Å². The van der Waals surface area contributed by atoms with Crippen molar-refractivity contribution in [2.24, 2.45) is 0 Å². The molecule has 0 bridgehead atoms. The van der Waals surface area contributed by atoms with Gasteiger partial charge in [0.25, 0.3) is 0 Å². The minimum atomic E-state index is -0.359. The number of benzene rings is 1. The molecule has 5 heteroatoms. The van der Waals surface area contributed by atoms with Gasteiger partial charge in [0.2, 0.25) is 0 Å². The summed E-state index contributed by atoms with van der Waals surface area (Å²) in [6, 6.07) is 6.68. The number of esters is 1. The van der Waals surface area contributed by atoms with E-state index in [0.717, 1.165) is 0 Å². The van der Waals surface area contributed by atoms with Crippen molar-refractivity contribution in [1.82, 2.24) is 0 Å². The number of ether oxygens (including phenoxy) is 2. The van der Waals surface area contributed by atoms with Gasteiger partial charge in [0.15, 0.2) is 0 Å². The molecule has 1 rings (SSSR count). The van der Waals surface area contributed by atoms with Crippen LogP contribution < -0.4 is 4.52 Å². The Morgan fingerprint density at radius 3 is 2.47 bits per heavy atom. The third kappa shape index (κ3) is 3.86. The van der Waals surface area contributed by atoms with E-state index in [-0.39, 0.29) is 12.6 Å². The molecule has 0 N–H and O–H groups in total. The van der Waals surface area contributed by atoms with Gasteiger partial charge in [-0.3, -0.25) is 0 Å². The molecule has 0 spiro atoms. The standard InChI is InChI=1S/C10H13O4P/c1-12-6-7-13-10(11)8-2-4-9(14-15)5-3-8/h2-5H,6-7,15H2,1H3. The topological polar surface area (TPSA) is 44.8 Å². The lowest BCUT2D eigenvalue weighted by Gasteiger charge is -2.04. The Morgan fingerprint density at radius 2 is 1.93 bits per heavy atom. The van der Waals surface area contributed by atoms with Crippen LogP contribution in [0.25, 0.3) is 0 Å². The summed E-state index contributed by atoms with van der Waals surface area (Å²) in [4.78, 5) is 11.4. The molecule has 0 radical (unpaired) electrons. The maximum atomic E-state index is 11.4. The van der Waals surface area contributed by atoms with E-state index in [9.17, 15) is 4.79 Å². The highest BCUT2D eigenvalue weighted by Crippen LogP contribution is 2.14. The molecule has 0 aromatic heterocycles. The smallest absolute Gasteiger partial charge is 0.338 e. The van der Waals surface area contributed by atoms with E-state index in [1.807, 2.05) is 0 Å². The maximum absolute atomic E-state index is 11.4. The second kappa shape index (κ2) is 6.38. The minimum absolute atomic E-state index is 0.261. The van der Waals surface area contributed by atoms with Crippen molar-refractivity contribution in [3.63, 3.8) is 0 Å². The van der Waals surface area contributed by atoms with Crippen LogP contribution in [0.15, 0.2) is 24.3 Å². The Labute approximate surface area is 90.8 Å². The Balaban J connectivity index is 2.50. The van der Waals surface area contributed by atoms with E-state index in [4.69, 9.17) is 14.0 Å². The van der Waals surface area contributed by atoms with Crippen molar-refractivity contribution in [3.05, 3.63) is 29.8 Å². The van der Waals surface area contributed by atoms with Gasteiger partial charge in [-0.1, -0.05) is 0 Å². The van der Waals surface area contributed by atoms with Gasteiger partial charge in [0, 0.05) is 7.11 Å². The van der Waals surface area contributed by atoms with E-state index in [2.05, 4.69) is 9.47 Å². The first-order valence-electron chi connectivity index (χ1n) is 4.41. The fraction of sp³-hybridized carbons (Fsp3) is 0.300. The first kappa shape index (κ1) is 12.0. The summed E-state index contributed by atoms with van der Waals surface area (Å²) < 4.78 is 14.6. The van der Waals surface area contributed by atoms with Crippen LogP contribution in [0.4, 0.5) is 0 Å². The van der Waals surface area contributed by atoms with Crippen LogP contribution in [0.2, 0.25) is 0 Å². The van der Waals surface area contributed by atoms with Gasteiger partial charge < -0.3 is 14.0 Å². The summed E-state index contributed by atoms with van der Waals surface area (Å²) in [5.74, 6) is 0.316. The average Bonchev–Trinajstić information content (AvgIpc) is 2.29. The molecule has 0 saturated carbocycles. The molecule has 4 nitrogen and oxygen atoms in total. The van der Waals surface area contributed by atoms with Gasteiger partial charge in [-0.25, -0.2) is 4.79 Å². The average molecular weight is 228 g/mol. The molecule has 0 aliphatic rings. The fourth-order valence-electron chi connectivity index (χ4n) is 0.971. The number of hydrogen-bond donors (Lipinski definition) is 0. The lowest BCUT2D eigenvalue weighted by Crippen LogP contribution is -2.09. The molecule has 0 aliphatic heterocycles. The number of hydrogen-bond acceptors (Lipinski definition) is 4. The van der Waals surface area contributed by atoms with Gasteiger partial charge in [-0.05, 0) is 24.3 Å². The summed E-state index contributed by atoms with van der Waals surface area (Å²) in [5.41, 5.74) is 0.497.